The molecule has 0 saturated carbocycles. The first-order chi connectivity index (χ1) is 11.4. The molecule has 124 valence electrons. The third-order valence-electron chi connectivity index (χ3n) is 4.05. The van der Waals surface area contributed by atoms with Crippen molar-refractivity contribution < 1.29 is 9.47 Å². The number of rotatable bonds is 8. The van der Waals surface area contributed by atoms with E-state index in [0.717, 1.165) is 56.0 Å². The largest absolute Gasteiger partial charge is 0.494 e. The smallest absolute Gasteiger partial charge is 0.119 e. The van der Waals surface area contributed by atoms with E-state index in [4.69, 9.17) is 15.2 Å². The Hall–Kier alpha value is -1.92. The second kappa shape index (κ2) is 8.08. The lowest BCUT2D eigenvalue weighted by atomic mass is 10.1. The summed E-state index contributed by atoms with van der Waals surface area (Å²) in [6.07, 6.45) is 4.17. The Morgan fingerprint density at radius 3 is 2.87 bits per heavy atom. The minimum Gasteiger partial charge on any atom is -0.494 e. The molecule has 6 nitrogen and oxygen atoms in total. The van der Waals surface area contributed by atoms with Crippen LogP contribution in [0.25, 0.3) is 0 Å². The highest BCUT2D eigenvalue weighted by Gasteiger charge is 2.25. The Morgan fingerprint density at radius 2 is 2.13 bits per heavy atom. The Morgan fingerprint density at radius 1 is 1.26 bits per heavy atom. The van der Waals surface area contributed by atoms with Gasteiger partial charge in [-0.15, -0.1) is 5.10 Å². The normalized spacial score (nSPS) is 17.5. The zero-order chi connectivity index (χ0) is 15.9. The van der Waals surface area contributed by atoms with E-state index in [1.807, 2.05) is 35.0 Å². The molecule has 0 radical (unpaired) electrons. The number of aryl methyl sites for hydroxylation is 1. The lowest BCUT2D eigenvalue weighted by molar-refractivity contribution is 0.103. The molecule has 23 heavy (non-hydrogen) atoms. The van der Waals surface area contributed by atoms with Crippen molar-refractivity contribution in [3.63, 3.8) is 0 Å². The van der Waals surface area contributed by atoms with Crippen molar-refractivity contribution >= 4 is 0 Å². The molecular formula is C17H24N4O2. The van der Waals surface area contributed by atoms with Gasteiger partial charge in [-0.2, -0.15) is 0 Å². The number of hydrogen-bond donors (Lipinski definition) is 1. The standard InChI is InChI=1S/C17H24N4O2/c18-13-15-17(16-9-6-12-23-16)21(20-19-15)10-4-5-11-22-14-7-2-1-3-8-14/h1-3,7-8,16H,4-6,9-13,18H2. The van der Waals surface area contributed by atoms with E-state index in [-0.39, 0.29) is 6.10 Å². The maximum atomic E-state index is 5.78. The molecule has 1 unspecified atom stereocenters. The zero-order valence-corrected chi connectivity index (χ0v) is 13.4. The first-order valence-corrected chi connectivity index (χ1v) is 8.30. The SMILES string of the molecule is NCc1nnn(CCCCOc2ccccc2)c1C1CCCO1. The van der Waals surface area contributed by atoms with Gasteiger partial charge in [0.15, 0.2) is 0 Å². The Kier molecular flexibility index (Phi) is 5.60. The fraction of sp³-hybridized carbons (Fsp3) is 0.529. The Balaban J connectivity index is 1.49. The summed E-state index contributed by atoms with van der Waals surface area (Å²) >= 11 is 0. The highest BCUT2D eigenvalue weighted by molar-refractivity contribution is 5.20. The van der Waals surface area contributed by atoms with Crippen molar-refractivity contribution in [1.82, 2.24) is 15.0 Å². The van der Waals surface area contributed by atoms with E-state index >= 15 is 0 Å². The van der Waals surface area contributed by atoms with Gasteiger partial charge in [-0.25, -0.2) is 4.68 Å². The van der Waals surface area contributed by atoms with Crippen molar-refractivity contribution in [3.05, 3.63) is 41.7 Å². The molecule has 0 aliphatic carbocycles. The molecule has 0 spiro atoms. The van der Waals surface area contributed by atoms with Gasteiger partial charge in [-0.1, -0.05) is 23.4 Å². The van der Waals surface area contributed by atoms with E-state index in [9.17, 15) is 0 Å². The molecular weight excluding hydrogens is 292 g/mol. The highest BCUT2D eigenvalue weighted by Crippen LogP contribution is 2.30. The van der Waals surface area contributed by atoms with Crippen LogP contribution in [0.2, 0.25) is 0 Å². The third kappa shape index (κ3) is 4.09. The van der Waals surface area contributed by atoms with Gasteiger partial charge < -0.3 is 15.2 Å². The van der Waals surface area contributed by atoms with Gasteiger partial charge in [0, 0.05) is 19.7 Å². The van der Waals surface area contributed by atoms with Gasteiger partial charge >= 0.3 is 0 Å². The second-order valence-corrected chi connectivity index (χ2v) is 5.72. The van der Waals surface area contributed by atoms with Crippen LogP contribution >= 0.6 is 0 Å². The fourth-order valence-electron chi connectivity index (χ4n) is 2.88. The van der Waals surface area contributed by atoms with E-state index in [2.05, 4.69) is 10.3 Å². The number of nitrogens with zero attached hydrogens (tertiary/aromatic N) is 3. The number of unbranched alkanes of at least 4 members (excludes halogenated alkanes) is 1. The third-order valence-corrected chi connectivity index (χ3v) is 4.05. The minimum absolute atomic E-state index is 0.101. The predicted molar refractivity (Wildman–Crippen MR) is 87.0 cm³/mol. The molecule has 0 bridgehead atoms. The quantitative estimate of drug-likeness (QED) is 0.757. The van der Waals surface area contributed by atoms with Crippen molar-refractivity contribution in [2.75, 3.05) is 13.2 Å². The van der Waals surface area contributed by atoms with Crippen LogP contribution < -0.4 is 10.5 Å². The summed E-state index contributed by atoms with van der Waals surface area (Å²) in [6.45, 7) is 2.75. The monoisotopic (exact) mass is 316 g/mol. The van der Waals surface area contributed by atoms with Crippen molar-refractivity contribution in [2.24, 2.45) is 5.73 Å². The van der Waals surface area contributed by atoms with Gasteiger partial charge in [0.2, 0.25) is 0 Å². The molecule has 2 heterocycles. The molecule has 1 fully saturated rings. The maximum absolute atomic E-state index is 5.78. The number of benzene rings is 1. The van der Waals surface area contributed by atoms with Crippen LogP contribution in [0.1, 0.15) is 43.2 Å². The summed E-state index contributed by atoms with van der Waals surface area (Å²) in [6, 6.07) is 9.89. The Labute approximate surface area is 136 Å². The minimum atomic E-state index is 0.101. The highest BCUT2D eigenvalue weighted by atomic mass is 16.5. The number of ether oxygens (including phenoxy) is 2. The molecule has 1 saturated heterocycles. The predicted octanol–water partition coefficient (Wildman–Crippen LogP) is 2.45. The van der Waals surface area contributed by atoms with Crippen LogP contribution in [0.3, 0.4) is 0 Å². The van der Waals surface area contributed by atoms with Gasteiger partial charge in [0.25, 0.3) is 0 Å². The average molecular weight is 316 g/mol. The molecule has 1 aliphatic heterocycles. The molecule has 1 aromatic carbocycles. The van der Waals surface area contributed by atoms with Gasteiger partial charge in [0.1, 0.15) is 17.5 Å². The lowest BCUT2D eigenvalue weighted by Crippen LogP contribution is -2.13. The molecule has 2 N–H and O–H groups in total. The van der Waals surface area contributed by atoms with Crippen LogP contribution in [0.4, 0.5) is 0 Å². The molecule has 1 atom stereocenters. The number of aromatic nitrogens is 3. The van der Waals surface area contributed by atoms with E-state index in [1.165, 1.54) is 0 Å². The van der Waals surface area contributed by atoms with Gasteiger partial charge in [0.05, 0.1) is 12.3 Å². The van der Waals surface area contributed by atoms with E-state index in [1.54, 1.807) is 0 Å². The zero-order valence-electron chi connectivity index (χ0n) is 13.4. The number of hydrogen-bond acceptors (Lipinski definition) is 5. The average Bonchev–Trinajstić information content (AvgIpc) is 3.24. The van der Waals surface area contributed by atoms with Crippen LogP contribution in [-0.4, -0.2) is 28.2 Å². The van der Waals surface area contributed by atoms with Crippen molar-refractivity contribution in [3.8, 4) is 5.75 Å². The van der Waals surface area contributed by atoms with Crippen molar-refractivity contribution in [2.45, 2.75) is 44.9 Å². The van der Waals surface area contributed by atoms with Gasteiger partial charge in [-0.3, -0.25) is 0 Å². The van der Waals surface area contributed by atoms with Crippen LogP contribution in [0.5, 0.6) is 5.75 Å². The summed E-state index contributed by atoms with van der Waals surface area (Å²) in [5.41, 5.74) is 7.70. The Bertz CT molecular complexity index is 594. The molecule has 3 rings (SSSR count). The van der Waals surface area contributed by atoms with E-state index < -0.39 is 0 Å². The summed E-state index contributed by atoms with van der Waals surface area (Å²) < 4.78 is 13.5. The molecule has 1 aromatic heterocycles. The maximum Gasteiger partial charge on any atom is 0.119 e. The first-order valence-electron chi connectivity index (χ1n) is 8.30. The summed E-state index contributed by atoms with van der Waals surface area (Å²) in [5.74, 6) is 0.915. The summed E-state index contributed by atoms with van der Waals surface area (Å²) in [5, 5.41) is 8.46. The number of para-hydroxylation sites is 1. The van der Waals surface area contributed by atoms with Crippen LogP contribution in [0, 0.1) is 0 Å². The van der Waals surface area contributed by atoms with Gasteiger partial charge in [-0.05, 0) is 37.8 Å². The van der Waals surface area contributed by atoms with Crippen LogP contribution in [-0.2, 0) is 17.8 Å². The molecule has 0 amide bonds. The van der Waals surface area contributed by atoms with E-state index in [0.29, 0.717) is 13.2 Å². The fourth-order valence-corrected chi connectivity index (χ4v) is 2.88. The topological polar surface area (TPSA) is 75.2 Å². The summed E-state index contributed by atoms with van der Waals surface area (Å²) in [7, 11) is 0. The second-order valence-electron chi connectivity index (χ2n) is 5.72. The molecule has 1 aliphatic rings. The van der Waals surface area contributed by atoms with Crippen molar-refractivity contribution in [1.29, 1.82) is 0 Å². The first kappa shape index (κ1) is 16.0. The number of nitrogens with two attached hydrogens (primary N) is 1. The van der Waals surface area contributed by atoms with Crippen LogP contribution in [0.15, 0.2) is 30.3 Å². The molecule has 6 heteroatoms. The summed E-state index contributed by atoms with van der Waals surface area (Å²) in [4.78, 5) is 0. The lowest BCUT2D eigenvalue weighted by Gasteiger charge is -2.13. The molecule has 2 aromatic rings.